The van der Waals surface area contributed by atoms with Gasteiger partial charge in [-0.05, 0) is 24.3 Å². The Hall–Kier alpha value is -1.94. The smallest absolute Gasteiger partial charge is 0.146 e. The predicted octanol–water partition coefficient (Wildman–Crippen LogP) is 2.48. The first-order chi connectivity index (χ1) is 8.22. The highest BCUT2D eigenvalue weighted by atomic mass is 19.1. The molecule has 1 aromatic heterocycles. The number of nitrogens with zero attached hydrogens (tertiary/aromatic N) is 2. The Morgan fingerprint density at radius 1 is 1.18 bits per heavy atom. The molecular weight excluding hydrogens is 219 g/mol. The molecule has 0 bridgehead atoms. The zero-order chi connectivity index (χ0) is 12.3. The Kier molecular flexibility index (Phi) is 3.35. The average molecular weight is 232 g/mol. The highest BCUT2D eigenvalue weighted by Crippen LogP contribution is 2.24. The summed E-state index contributed by atoms with van der Waals surface area (Å²) in [4.78, 5) is 5.87. The van der Waals surface area contributed by atoms with Crippen molar-refractivity contribution in [2.24, 2.45) is 0 Å². The molecule has 3 nitrogen and oxygen atoms in total. The molecule has 0 saturated carbocycles. The Balaban J connectivity index is 2.37. The maximum absolute atomic E-state index is 13.6. The third-order valence-corrected chi connectivity index (χ3v) is 2.51. The monoisotopic (exact) mass is 232 g/mol. The van der Waals surface area contributed by atoms with Crippen LogP contribution in [0, 0.1) is 5.82 Å². The Bertz CT molecular complexity index is 516. The highest BCUT2D eigenvalue weighted by molar-refractivity contribution is 5.59. The molecule has 0 aliphatic rings. The SMILES string of the molecule is CN(c1cccc(CO)n1)c1ccccc1F. The van der Waals surface area contributed by atoms with Gasteiger partial charge in [0.15, 0.2) is 0 Å². The lowest BCUT2D eigenvalue weighted by molar-refractivity contribution is 0.277. The van der Waals surface area contributed by atoms with E-state index < -0.39 is 0 Å². The first kappa shape index (κ1) is 11.5. The number of anilines is 2. The maximum Gasteiger partial charge on any atom is 0.146 e. The molecule has 0 atom stereocenters. The van der Waals surface area contributed by atoms with E-state index in [1.165, 1.54) is 6.07 Å². The van der Waals surface area contributed by atoms with Crippen LogP contribution in [0.3, 0.4) is 0 Å². The minimum atomic E-state index is -0.300. The molecule has 2 rings (SSSR count). The van der Waals surface area contributed by atoms with Crippen molar-refractivity contribution in [3.63, 3.8) is 0 Å². The molecule has 1 N–H and O–H groups in total. The second-order valence-electron chi connectivity index (χ2n) is 3.66. The van der Waals surface area contributed by atoms with Crippen molar-refractivity contribution in [2.75, 3.05) is 11.9 Å². The largest absolute Gasteiger partial charge is 0.390 e. The molecule has 0 unspecified atom stereocenters. The van der Waals surface area contributed by atoms with E-state index in [-0.39, 0.29) is 12.4 Å². The number of para-hydroxylation sites is 1. The second-order valence-corrected chi connectivity index (χ2v) is 3.66. The Morgan fingerprint density at radius 2 is 1.94 bits per heavy atom. The van der Waals surface area contributed by atoms with Gasteiger partial charge in [-0.3, -0.25) is 0 Å². The van der Waals surface area contributed by atoms with Crippen LogP contribution in [0.5, 0.6) is 0 Å². The fourth-order valence-corrected chi connectivity index (χ4v) is 1.59. The van der Waals surface area contributed by atoms with Crippen LogP contribution < -0.4 is 4.90 Å². The van der Waals surface area contributed by atoms with Gasteiger partial charge in [-0.25, -0.2) is 9.37 Å². The molecule has 0 fully saturated rings. The molecule has 17 heavy (non-hydrogen) atoms. The van der Waals surface area contributed by atoms with Crippen LogP contribution in [0.4, 0.5) is 15.9 Å². The van der Waals surface area contributed by atoms with Gasteiger partial charge in [0, 0.05) is 7.05 Å². The van der Waals surface area contributed by atoms with E-state index in [1.54, 1.807) is 48.3 Å². The summed E-state index contributed by atoms with van der Waals surface area (Å²) < 4.78 is 13.6. The lowest BCUT2D eigenvalue weighted by Gasteiger charge is -2.19. The number of aliphatic hydroxyl groups is 1. The lowest BCUT2D eigenvalue weighted by atomic mass is 10.2. The van der Waals surface area contributed by atoms with Crippen LogP contribution in [0.2, 0.25) is 0 Å². The van der Waals surface area contributed by atoms with E-state index in [9.17, 15) is 4.39 Å². The fourth-order valence-electron chi connectivity index (χ4n) is 1.59. The van der Waals surface area contributed by atoms with Gasteiger partial charge in [0.2, 0.25) is 0 Å². The number of aromatic nitrogens is 1. The van der Waals surface area contributed by atoms with Crippen LogP contribution in [-0.4, -0.2) is 17.1 Å². The summed E-state index contributed by atoms with van der Waals surface area (Å²) in [6.45, 7) is -0.126. The Morgan fingerprint density at radius 3 is 2.65 bits per heavy atom. The Labute approximate surface area is 99.2 Å². The molecular formula is C13H13FN2O. The minimum absolute atomic E-state index is 0.126. The molecule has 0 radical (unpaired) electrons. The van der Waals surface area contributed by atoms with Crippen LogP contribution in [-0.2, 0) is 6.61 Å². The molecule has 0 saturated heterocycles. The van der Waals surface area contributed by atoms with E-state index in [0.717, 1.165) is 0 Å². The van der Waals surface area contributed by atoms with Gasteiger partial charge in [0.05, 0.1) is 18.0 Å². The summed E-state index contributed by atoms with van der Waals surface area (Å²) in [6.07, 6.45) is 0. The van der Waals surface area contributed by atoms with Crippen LogP contribution >= 0.6 is 0 Å². The lowest BCUT2D eigenvalue weighted by Crippen LogP contribution is -2.13. The van der Waals surface area contributed by atoms with Crippen molar-refractivity contribution in [3.8, 4) is 0 Å². The van der Waals surface area contributed by atoms with Crippen molar-refractivity contribution in [1.82, 2.24) is 4.98 Å². The first-order valence-corrected chi connectivity index (χ1v) is 5.27. The maximum atomic E-state index is 13.6. The number of hydrogen-bond donors (Lipinski definition) is 1. The molecule has 0 aliphatic heterocycles. The van der Waals surface area contributed by atoms with Crippen molar-refractivity contribution < 1.29 is 9.50 Å². The minimum Gasteiger partial charge on any atom is -0.390 e. The van der Waals surface area contributed by atoms with E-state index >= 15 is 0 Å². The predicted molar refractivity (Wildman–Crippen MR) is 64.6 cm³/mol. The zero-order valence-electron chi connectivity index (χ0n) is 9.47. The van der Waals surface area contributed by atoms with E-state index in [4.69, 9.17) is 5.11 Å². The van der Waals surface area contributed by atoms with Gasteiger partial charge in [0.25, 0.3) is 0 Å². The van der Waals surface area contributed by atoms with Crippen LogP contribution in [0.1, 0.15) is 5.69 Å². The number of hydrogen-bond acceptors (Lipinski definition) is 3. The van der Waals surface area contributed by atoms with Crippen molar-refractivity contribution >= 4 is 11.5 Å². The van der Waals surface area contributed by atoms with E-state index in [1.807, 2.05) is 0 Å². The van der Waals surface area contributed by atoms with E-state index in [2.05, 4.69) is 4.98 Å². The molecule has 0 spiro atoms. The van der Waals surface area contributed by atoms with Gasteiger partial charge in [-0.15, -0.1) is 0 Å². The average Bonchev–Trinajstić information content (AvgIpc) is 2.38. The van der Waals surface area contributed by atoms with Gasteiger partial charge >= 0.3 is 0 Å². The van der Waals surface area contributed by atoms with Gasteiger partial charge in [0.1, 0.15) is 11.6 Å². The van der Waals surface area contributed by atoms with Crippen molar-refractivity contribution in [1.29, 1.82) is 0 Å². The first-order valence-electron chi connectivity index (χ1n) is 5.27. The third kappa shape index (κ3) is 2.42. The van der Waals surface area contributed by atoms with Crippen molar-refractivity contribution in [3.05, 3.63) is 54.0 Å². The second kappa shape index (κ2) is 4.93. The van der Waals surface area contributed by atoms with Crippen molar-refractivity contribution in [2.45, 2.75) is 6.61 Å². The topological polar surface area (TPSA) is 36.4 Å². The number of pyridine rings is 1. The third-order valence-electron chi connectivity index (χ3n) is 2.51. The molecule has 1 heterocycles. The standard InChI is InChI=1S/C13H13FN2O/c1-16(12-7-3-2-6-11(12)14)13-8-4-5-10(9-17)15-13/h2-8,17H,9H2,1H3. The fraction of sp³-hybridized carbons (Fsp3) is 0.154. The summed E-state index contributed by atoms with van der Waals surface area (Å²) in [7, 11) is 1.74. The molecule has 0 amide bonds. The number of aliphatic hydroxyl groups excluding tert-OH is 1. The summed E-state index contributed by atoms with van der Waals surface area (Å²) in [6, 6.07) is 11.8. The summed E-state index contributed by atoms with van der Waals surface area (Å²) in [5.74, 6) is 0.299. The summed E-state index contributed by atoms with van der Waals surface area (Å²) in [5, 5.41) is 9.01. The quantitative estimate of drug-likeness (QED) is 0.883. The number of benzene rings is 1. The van der Waals surface area contributed by atoms with Gasteiger partial charge in [-0.1, -0.05) is 18.2 Å². The molecule has 0 aliphatic carbocycles. The molecule has 4 heteroatoms. The van der Waals surface area contributed by atoms with E-state index in [0.29, 0.717) is 17.2 Å². The molecule has 88 valence electrons. The summed E-state index contributed by atoms with van der Waals surface area (Å²) in [5.41, 5.74) is 1.01. The van der Waals surface area contributed by atoms with Gasteiger partial charge in [-0.2, -0.15) is 0 Å². The zero-order valence-corrected chi connectivity index (χ0v) is 9.47. The molecule has 1 aromatic carbocycles. The molecule has 2 aromatic rings. The van der Waals surface area contributed by atoms with Crippen LogP contribution in [0.25, 0.3) is 0 Å². The van der Waals surface area contributed by atoms with Gasteiger partial charge < -0.3 is 10.0 Å². The normalized spacial score (nSPS) is 10.3. The highest BCUT2D eigenvalue weighted by Gasteiger charge is 2.09. The van der Waals surface area contributed by atoms with Crippen LogP contribution in [0.15, 0.2) is 42.5 Å². The summed E-state index contributed by atoms with van der Waals surface area (Å²) >= 11 is 0. The number of halogens is 1. The number of rotatable bonds is 3.